The molecule has 0 fully saturated rings. The molecule has 0 aliphatic heterocycles. The maximum absolute atomic E-state index is 13.4. The molecule has 0 saturated heterocycles. The number of aryl methyl sites for hydroxylation is 1. The highest BCUT2D eigenvalue weighted by Crippen LogP contribution is 2.23. The Kier molecular flexibility index (Phi) is 6.76. The number of nitrogens with one attached hydrogen (secondary N) is 2. The summed E-state index contributed by atoms with van der Waals surface area (Å²) < 4.78 is 15.3. The minimum atomic E-state index is -0.318. The Balaban J connectivity index is 1.30. The van der Waals surface area contributed by atoms with Gasteiger partial charge in [0, 0.05) is 23.5 Å². The highest BCUT2D eigenvalue weighted by atomic mass is 19.1. The Hall–Kier alpha value is -4.78. The van der Waals surface area contributed by atoms with Crippen molar-refractivity contribution in [3.8, 4) is 5.69 Å². The molecule has 0 unspecified atom stereocenters. The SMILES string of the molecule is Cc1nc2ccc(C(=O)Nc3cccc(CC(=O)NCc4ccccc4)c3)cc2n1-c1ccc(F)cc1. The number of anilines is 1. The molecule has 6 nitrogen and oxygen atoms in total. The highest BCUT2D eigenvalue weighted by Gasteiger charge is 2.14. The molecule has 0 bridgehead atoms. The number of imidazole rings is 1. The molecule has 184 valence electrons. The van der Waals surface area contributed by atoms with E-state index in [9.17, 15) is 14.0 Å². The van der Waals surface area contributed by atoms with Crippen LogP contribution < -0.4 is 10.6 Å². The predicted molar refractivity (Wildman–Crippen MR) is 142 cm³/mol. The first kappa shape index (κ1) is 23.9. The lowest BCUT2D eigenvalue weighted by Crippen LogP contribution is -2.24. The molecule has 7 heteroatoms. The van der Waals surface area contributed by atoms with Crippen molar-refractivity contribution < 1.29 is 14.0 Å². The third-order valence-corrected chi connectivity index (χ3v) is 6.05. The second-order valence-corrected chi connectivity index (χ2v) is 8.77. The third-order valence-electron chi connectivity index (χ3n) is 6.05. The lowest BCUT2D eigenvalue weighted by Gasteiger charge is -2.10. The van der Waals surface area contributed by atoms with Crippen molar-refractivity contribution in [1.82, 2.24) is 14.9 Å². The van der Waals surface area contributed by atoms with E-state index in [0.29, 0.717) is 17.8 Å². The number of rotatable bonds is 7. The molecule has 0 aliphatic rings. The Morgan fingerprint density at radius 1 is 0.865 bits per heavy atom. The summed E-state index contributed by atoms with van der Waals surface area (Å²) in [5, 5.41) is 5.84. The van der Waals surface area contributed by atoms with Crippen LogP contribution in [0.5, 0.6) is 0 Å². The number of amides is 2. The fraction of sp³-hybridized carbons (Fsp3) is 0.100. The predicted octanol–water partition coefficient (Wildman–Crippen LogP) is 5.58. The maximum atomic E-state index is 13.4. The van der Waals surface area contributed by atoms with Gasteiger partial charge in [-0.05, 0) is 72.6 Å². The number of carbonyl (C=O) groups excluding carboxylic acids is 2. The number of halogens is 1. The molecule has 1 aromatic heterocycles. The van der Waals surface area contributed by atoms with E-state index in [1.165, 1.54) is 12.1 Å². The Labute approximate surface area is 213 Å². The summed E-state index contributed by atoms with van der Waals surface area (Å²) in [5.41, 5.74) is 5.14. The lowest BCUT2D eigenvalue weighted by atomic mass is 10.1. The minimum Gasteiger partial charge on any atom is -0.352 e. The van der Waals surface area contributed by atoms with E-state index in [0.717, 1.165) is 33.7 Å². The molecule has 5 rings (SSSR count). The minimum absolute atomic E-state index is 0.0952. The van der Waals surface area contributed by atoms with Crippen molar-refractivity contribution in [2.75, 3.05) is 5.32 Å². The van der Waals surface area contributed by atoms with Crippen LogP contribution in [0.15, 0.2) is 97.1 Å². The zero-order chi connectivity index (χ0) is 25.8. The number of benzene rings is 4. The number of nitrogens with zero attached hydrogens (tertiary/aromatic N) is 2. The average Bonchev–Trinajstić information content (AvgIpc) is 3.23. The van der Waals surface area contributed by atoms with Crippen molar-refractivity contribution in [3.63, 3.8) is 0 Å². The van der Waals surface area contributed by atoms with Crippen LogP contribution in [-0.4, -0.2) is 21.4 Å². The van der Waals surface area contributed by atoms with Crippen molar-refractivity contribution in [2.45, 2.75) is 19.9 Å². The van der Waals surface area contributed by atoms with Gasteiger partial charge in [0.25, 0.3) is 5.91 Å². The van der Waals surface area contributed by atoms with Gasteiger partial charge in [-0.25, -0.2) is 9.37 Å². The monoisotopic (exact) mass is 492 g/mol. The standard InChI is InChI=1S/C30H25FN4O2/c1-20-33-27-15-10-23(18-28(27)35(20)26-13-11-24(31)12-14-26)30(37)34-25-9-5-8-22(16-25)17-29(36)32-19-21-6-3-2-4-7-21/h2-16,18H,17,19H2,1H3,(H,32,36)(H,34,37). The van der Waals surface area contributed by atoms with E-state index in [1.54, 1.807) is 42.5 Å². The van der Waals surface area contributed by atoms with Crippen molar-refractivity contribution >= 4 is 28.5 Å². The van der Waals surface area contributed by atoms with Crippen molar-refractivity contribution in [1.29, 1.82) is 0 Å². The summed E-state index contributed by atoms with van der Waals surface area (Å²) in [5.74, 6) is 0.0403. The normalized spacial score (nSPS) is 10.9. The highest BCUT2D eigenvalue weighted by molar-refractivity contribution is 6.06. The molecule has 0 saturated carbocycles. The topological polar surface area (TPSA) is 76.0 Å². The first-order valence-electron chi connectivity index (χ1n) is 11.9. The number of fused-ring (bicyclic) bond motifs is 1. The zero-order valence-electron chi connectivity index (χ0n) is 20.2. The summed E-state index contributed by atoms with van der Waals surface area (Å²) in [4.78, 5) is 30.1. The maximum Gasteiger partial charge on any atom is 0.255 e. The van der Waals surface area contributed by atoms with Gasteiger partial charge in [0.15, 0.2) is 0 Å². The van der Waals surface area contributed by atoms with Crippen LogP contribution in [0, 0.1) is 12.7 Å². The second-order valence-electron chi connectivity index (χ2n) is 8.77. The largest absolute Gasteiger partial charge is 0.352 e. The Bertz CT molecular complexity index is 1580. The van der Waals surface area contributed by atoms with Crippen LogP contribution in [-0.2, 0) is 17.8 Å². The molecular weight excluding hydrogens is 467 g/mol. The van der Waals surface area contributed by atoms with Gasteiger partial charge in [-0.2, -0.15) is 0 Å². The first-order valence-corrected chi connectivity index (χ1v) is 11.9. The molecule has 37 heavy (non-hydrogen) atoms. The first-order chi connectivity index (χ1) is 18.0. The summed E-state index contributed by atoms with van der Waals surface area (Å²) in [7, 11) is 0. The zero-order valence-corrected chi connectivity index (χ0v) is 20.2. The summed E-state index contributed by atoms with van der Waals surface area (Å²) >= 11 is 0. The van der Waals surface area contributed by atoms with E-state index in [2.05, 4.69) is 15.6 Å². The Morgan fingerprint density at radius 2 is 1.62 bits per heavy atom. The lowest BCUT2D eigenvalue weighted by molar-refractivity contribution is -0.120. The van der Waals surface area contributed by atoms with E-state index in [-0.39, 0.29) is 24.1 Å². The number of hydrogen-bond acceptors (Lipinski definition) is 3. The van der Waals surface area contributed by atoms with Gasteiger partial charge in [-0.3, -0.25) is 14.2 Å². The van der Waals surface area contributed by atoms with Crippen LogP contribution in [0.25, 0.3) is 16.7 Å². The fourth-order valence-corrected chi connectivity index (χ4v) is 4.26. The van der Waals surface area contributed by atoms with Gasteiger partial charge < -0.3 is 10.6 Å². The number of hydrogen-bond donors (Lipinski definition) is 2. The van der Waals surface area contributed by atoms with Gasteiger partial charge in [0.2, 0.25) is 5.91 Å². The molecule has 1 heterocycles. The van der Waals surface area contributed by atoms with Crippen molar-refractivity contribution in [3.05, 3.63) is 125 Å². The quantitative estimate of drug-likeness (QED) is 0.311. The Morgan fingerprint density at radius 3 is 2.41 bits per heavy atom. The average molecular weight is 493 g/mol. The van der Waals surface area contributed by atoms with Crippen LogP contribution >= 0.6 is 0 Å². The molecule has 2 N–H and O–H groups in total. The van der Waals surface area contributed by atoms with Gasteiger partial charge in [0.05, 0.1) is 17.5 Å². The molecule has 0 spiro atoms. The molecule has 4 aromatic carbocycles. The van der Waals surface area contributed by atoms with Crippen LogP contribution in [0.3, 0.4) is 0 Å². The van der Waals surface area contributed by atoms with Gasteiger partial charge >= 0.3 is 0 Å². The van der Waals surface area contributed by atoms with Crippen molar-refractivity contribution in [2.24, 2.45) is 0 Å². The molecule has 0 aliphatic carbocycles. The van der Waals surface area contributed by atoms with Gasteiger partial charge in [-0.1, -0.05) is 42.5 Å². The molecule has 5 aromatic rings. The number of aromatic nitrogens is 2. The summed E-state index contributed by atoms with van der Waals surface area (Å²) in [6, 6.07) is 28.4. The van der Waals surface area contributed by atoms with E-state index in [1.807, 2.05) is 54.0 Å². The number of carbonyl (C=O) groups is 2. The van der Waals surface area contributed by atoms with Crippen LogP contribution in [0.1, 0.15) is 27.3 Å². The summed E-state index contributed by atoms with van der Waals surface area (Å²) in [6.07, 6.45) is 0.207. The molecular formula is C30H25FN4O2. The fourth-order valence-electron chi connectivity index (χ4n) is 4.26. The van der Waals surface area contributed by atoms with E-state index in [4.69, 9.17) is 0 Å². The molecule has 2 amide bonds. The molecule has 0 radical (unpaired) electrons. The summed E-state index contributed by atoms with van der Waals surface area (Å²) in [6.45, 7) is 2.33. The van der Waals surface area contributed by atoms with E-state index < -0.39 is 0 Å². The van der Waals surface area contributed by atoms with Crippen LogP contribution in [0.2, 0.25) is 0 Å². The van der Waals surface area contributed by atoms with Gasteiger partial charge in [-0.15, -0.1) is 0 Å². The molecule has 0 atom stereocenters. The van der Waals surface area contributed by atoms with Crippen LogP contribution in [0.4, 0.5) is 10.1 Å². The smallest absolute Gasteiger partial charge is 0.255 e. The third kappa shape index (κ3) is 5.56. The van der Waals surface area contributed by atoms with Gasteiger partial charge in [0.1, 0.15) is 11.6 Å². The second kappa shape index (κ2) is 10.5. The van der Waals surface area contributed by atoms with E-state index >= 15 is 0 Å².